The van der Waals surface area contributed by atoms with E-state index in [1.54, 1.807) is 18.2 Å². The number of aromatic amines is 1. The lowest BCUT2D eigenvalue weighted by Crippen LogP contribution is -2.31. The average molecular weight is 354 g/mol. The fourth-order valence-corrected chi connectivity index (χ4v) is 2.33. The van der Waals surface area contributed by atoms with E-state index in [0.29, 0.717) is 25.8 Å². The van der Waals surface area contributed by atoms with Crippen LogP contribution in [0.15, 0.2) is 29.3 Å². The van der Waals surface area contributed by atoms with Crippen LogP contribution in [0.1, 0.15) is 16.2 Å². The Labute approximate surface area is 138 Å². The van der Waals surface area contributed by atoms with Gasteiger partial charge in [0.15, 0.2) is 0 Å². The Balaban J connectivity index is 1.66. The second-order valence-electron chi connectivity index (χ2n) is 5.28. The van der Waals surface area contributed by atoms with Gasteiger partial charge in [-0.05, 0) is 18.2 Å². The molecular weight excluding hydrogens is 341 g/mol. The van der Waals surface area contributed by atoms with E-state index in [2.05, 4.69) is 20.4 Å². The number of H-pyrrole nitrogens is 1. The predicted molar refractivity (Wildman–Crippen MR) is 80.9 cm³/mol. The van der Waals surface area contributed by atoms with Crippen LogP contribution < -0.4 is 11.0 Å². The van der Waals surface area contributed by atoms with Crippen molar-refractivity contribution in [3.63, 3.8) is 0 Å². The van der Waals surface area contributed by atoms with Gasteiger partial charge >= 0.3 is 11.9 Å². The summed E-state index contributed by atoms with van der Waals surface area (Å²) >= 11 is 0. The number of hydrogen-bond donors (Lipinski definition) is 2. The van der Waals surface area contributed by atoms with Gasteiger partial charge in [0.05, 0.1) is 23.9 Å². The standard InChI is InChI=1S/C14H13F3N6O2/c1-22-12(14(15,16)17)21-23(13(22)25)5-4-18-11(24)8-2-3-9-10(6-8)20-7-19-9/h2-3,6-7H,4-5H2,1H3,(H,18,24)(H,19,20). The topological polar surface area (TPSA) is 97.6 Å². The molecule has 3 rings (SSSR count). The van der Waals surface area contributed by atoms with E-state index in [9.17, 15) is 22.8 Å². The highest BCUT2D eigenvalue weighted by Gasteiger charge is 2.37. The highest BCUT2D eigenvalue weighted by atomic mass is 19.4. The number of amides is 1. The van der Waals surface area contributed by atoms with Crippen molar-refractivity contribution in [1.29, 1.82) is 0 Å². The fraction of sp³-hybridized carbons (Fsp3) is 0.286. The predicted octanol–water partition coefficient (Wildman–Crippen LogP) is 0.907. The van der Waals surface area contributed by atoms with Crippen LogP contribution in [-0.2, 0) is 19.8 Å². The summed E-state index contributed by atoms with van der Waals surface area (Å²) in [5.74, 6) is -1.70. The lowest BCUT2D eigenvalue weighted by molar-refractivity contribution is -0.147. The Bertz CT molecular complexity index is 985. The summed E-state index contributed by atoms with van der Waals surface area (Å²) in [4.78, 5) is 30.7. The molecule has 0 unspecified atom stereocenters. The molecule has 0 atom stereocenters. The summed E-state index contributed by atoms with van der Waals surface area (Å²) in [6, 6.07) is 4.85. The minimum atomic E-state index is -4.72. The molecule has 0 saturated heterocycles. The number of fused-ring (bicyclic) bond motifs is 1. The van der Waals surface area contributed by atoms with Crippen LogP contribution in [0.4, 0.5) is 13.2 Å². The molecule has 0 aliphatic rings. The number of carbonyl (C=O) groups is 1. The van der Waals surface area contributed by atoms with E-state index in [1.165, 1.54) is 6.33 Å². The molecule has 0 aliphatic carbocycles. The van der Waals surface area contributed by atoms with Gasteiger partial charge in [-0.25, -0.2) is 14.5 Å². The number of halogens is 3. The van der Waals surface area contributed by atoms with Gasteiger partial charge in [-0.15, -0.1) is 5.10 Å². The first kappa shape index (κ1) is 16.7. The van der Waals surface area contributed by atoms with E-state index < -0.39 is 23.6 Å². The maximum Gasteiger partial charge on any atom is 0.451 e. The first-order chi connectivity index (χ1) is 11.8. The average Bonchev–Trinajstić information content (AvgIpc) is 3.13. The van der Waals surface area contributed by atoms with Crippen LogP contribution in [0.3, 0.4) is 0 Å². The van der Waals surface area contributed by atoms with E-state index in [-0.39, 0.29) is 13.1 Å². The number of nitrogens with one attached hydrogen (secondary N) is 2. The summed E-state index contributed by atoms with van der Waals surface area (Å²) in [6.45, 7) is -0.227. The molecule has 3 aromatic rings. The van der Waals surface area contributed by atoms with Crippen molar-refractivity contribution in [3.05, 3.63) is 46.4 Å². The summed E-state index contributed by atoms with van der Waals surface area (Å²) in [5, 5.41) is 5.80. The van der Waals surface area contributed by atoms with E-state index in [0.717, 1.165) is 7.05 Å². The van der Waals surface area contributed by atoms with Gasteiger partial charge in [0, 0.05) is 19.2 Å². The largest absolute Gasteiger partial charge is 0.451 e. The second-order valence-corrected chi connectivity index (χ2v) is 5.28. The summed E-state index contributed by atoms with van der Waals surface area (Å²) in [6.07, 6.45) is -3.22. The molecule has 8 nitrogen and oxygen atoms in total. The number of aromatic nitrogens is 5. The lowest BCUT2D eigenvalue weighted by atomic mass is 10.2. The summed E-state index contributed by atoms with van der Waals surface area (Å²) in [5.41, 5.74) is 0.848. The third-order valence-electron chi connectivity index (χ3n) is 3.59. The summed E-state index contributed by atoms with van der Waals surface area (Å²) < 4.78 is 39.2. The molecule has 2 heterocycles. The Morgan fingerprint density at radius 3 is 2.80 bits per heavy atom. The van der Waals surface area contributed by atoms with E-state index in [1.807, 2.05) is 0 Å². The molecule has 0 radical (unpaired) electrons. The van der Waals surface area contributed by atoms with Crippen molar-refractivity contribution in [2.45, 2.75) is 12.7 Å². The van der Waals surface area contributed by atoms with E-state index >= 15 is 0 Å². The Hall–Kier alpha value is -3.11. The minimum absolute atomic E-state index is 0.0476. The Kier molecular flexibility index (Phi) is 4.07. The molecule has 0 spiro atoms. The molecule has 0 fully saturated rings. The van der Waals surface area contributed by atoms with Gasteiger partial charge in [0.1, 0.15) is 0 Å². The smallest absolute Gasteiger partial charge is 0.350 e. The maximum atomic E-state index is 12.7. The maximum absolute atomic E-state index is 12.7. The van der Waals surface area contributed by atoms with Gasteiger partial charge in [-0.2, -0.15) is 13.2 Å². The first-order valence-electron chi connectivity index (χ1n) is 7.20. The summed E-state index contributed by atoms with van der Waals surface area (Å²) in [7, 11) is 0.993. The molecular formula is C14H13F3N6O2. The second kappa shape index (κ2) is 6.07. The third kappa shape index (κ3) is 3.25. The third-order valence-corrected chi connectivity index (χ3v) is 3.59. The molecule has 1 aromatic carbocycles. The first-order valence-corrected chi connectivity index (χ1v) is 7.20. The van der Waals surface area contributed by atoms with Crippen molar-refractivity contribution in [1.82, 2.24) is 29.6 Å². The van der Waals surface area contributed by atoms with Crippen LogP contribution in [0.25, 0.3) is 11.0 Å². The highest BCUT2D eigenvalue weighted by molar-refractivity contribution is 5.97. The molecule has 2 N–H and O–H groups in total. The molecule has 0 aliphatic heterocycles. The Morgan fingerprint density at radius 1 is 1.36 bits per heavy atom. The van der Waals surface area contributed by atoms with Crippen molar-refractivity contribution in [3.8, 4) is 0 Å². The zero-order chi connectivity index (χ0) is 18.2. The normalized spacial score (nSPS) is 11.8. The van der Waals surface area contributed by atoms with Crippen LogP contribution >= 0.6 is 0 Å². The number of hydrogen-bond acceptors (Lipinski definition) is 4. The number of imidazole rings is 1. The molecule has 0 bridgehead atoms. The Morgan fingerprint density at radius 2 is 2.12 bits per heavy atom. The molecule has 11 heteroatoms. The van der Waals surface area contributed by atoms with Gasteiger partial charge < -0.3 is 10.3 Å². The van der Waals surface area contributed by atoms with Crippen molar-refractivity contribution in [2.24, 2.45) is 7.05 Å². The van der Waals surface area contributed by atoms with Crippen LogP contribution in [0.2, 0.25) is 0 Å². The van der Waals surface area contributed by atoms with Crippen LogP contribution in [0, 0.1) is 0 Å². The van der Waals surface area contributed by atoms with Crippen LogP contribution in [0.5, 0.6) is 0 Å². The van der Waals surface area contributed by atoms with Crippen LogP contribution in [-0.4, -0.2) is 36.8 Å². The molecule has 0 saturated carbocycles. The molecule has 1 amide bonds. The highest BCUT2D eigenvalue weighted by Crippen LogP contribution is 2.25. The quantitative estimate of drug-likeness (QED) is 0.728. The van der Waals surface area contributed by atoms with Gasteiger partial charge in [-0.3, -0.25) is 9.36 Å². The minimum Gasteiger partial charge on any atom is -0.350 e. The monoisotopic (exact) mass is 354 g/mol. The number of benzene rings is 1. The van der Waals surface area contributed by atoms with Gasteiger partial charge in [-0.1, -0.05) is 0 Å². The van der Waals surface area contributed by atoms with Gasteiger partial charge in [0.25, 0.3) is 5.91 Å². The number of rotatable bonds is 4. The van der Waals surface area contributed by atoms with Crippen molar-refractivity contribution in [2.75, 3.05) is 6.54 Å². The molecule has 132 valence electrons. The fourth-order valence-electron chi connectivity index (χ4n) is 2.33. The number of nitrogens with zero attached hydrogens (tertiary/aromatic N) is 4. The zero-order valence-electron chi connectivity index (χ0n) is 13.0. The zero-order valence-corrected chi connectivity index (χ0v) is 13.0. The SMILES string of the molecule is Cn1c(C(F)(F)F)nn(CCNC(=O)c2ccc3nc[nH]c3c2)c1=O. The molecule has 2 aromatic heterocycles. The van der Waals surface area contributed by atoms with Crippen molar-refractivity contribution < 1.29 is 18.0 Å². The molecule has 25 heavy (non-hydrogen) atoms. The lowest BCUT2D eigenvalue weighted by Gasteiger charge is -2.05. The van der Waals surface area contributed by atoms with Crippen molar-refractivity contribution >= 4 is 16.9 Å². The number of alkyl halides is 3. The number of carbonyl (C=O) groups excluding carboxylic acids is 1. The van der Waals surface area contributed by atoms with Gasteiger partial charge in [0.2, 0.25) is 5.82 Å². The van der Waals surface area contributed by atoms with E-state index in [4.69, 9.17) is 0 Å².